The molecule has 0 aromatic heterocycles. The number of hydrogen-bond acceptors (Lipinski definition) is 3. The van der Waals surface area contributed by atoms with E-state index >= 15 is 0 Å². The number of hydrogen-bond donors (Lipinski definition) is 1. The van der Waals surface area contributed by atoms with Gasteiger partial charge < -0.3 is 14.7 Å². The zero-order valence-electron chi connectivity index (χ0n) is 9.95. The molecule has 0 aromatic carbocycles. The Labute approximate surface area is 96.6 Å². The number of methoxy groups -OCH3 is 1. The molecule has 1 saturated carbocycles. The highest BCUT2D eigenvalue weighted by Gasteiger charge is 2.41. The second kappa shape index (κ2) is 4.72. The van der Waals surface area contributed by atoms with E-state index in [0.29, 0.717) is 6.42 Å². The van der Waals surface area contributed by atoms with E-state index in [2.05, 4.69) is 0 Å². The van der Waals surface area contributed by atoms with Gasteiger partial charge >= 0.3 is 0 Å². The van der Waals surface area contributed by atoms with Crippen LogP contribution in [0.4, 0.5) is 0 Å². The summed E-state index contributed by atoms with van der Waals surface area (Å²) >= 11 is 0. The van der Waals surface area contributed by atoms with E-state index in [0.717, 1.165) is 38.6 Å². The number of aliphatic hydroxyl groups excluding tert-OH is 1. The fourth-order valence-corrected chi connectivity index (χ4v) is 2.76. The largest absolute Gasteiger partial charge is 0.394 e. The predicted octanol–water partition coefficient (Wildman–Crippen LogP) is 0.929. The first-order chi connectivity index (χ1) is 7.71. The van der Waals surface area contributed by atoms with Gasteiger partial charge in [-0.1, -0.05) is 0 Å². The van der Waals surface area contributed by atoms with Gasteiger partial charge in [0, 0.05) is 13.7 Å². The van der Waals surface area contributed by atoms with E-state index in [1.54, 1.807) is 7.11 Å². The van der Waals surface area contributed by atoms with Crippen molar-refractivity contribution in [3.63, 3.8) is 0 Å². The molecular formula is C12H21NO3. The summed E-state index contributed by atoms with van der Waals surface area (Å²) in [7, 11) is 1.69. The minimum atomic E-state index is -0.195. The third kappa shape index (κ3) is 2.09. The number of likely N-dealkylation sites (tertiary alicyclic amines) is 1. The maximum Gasteiger partial charge on any atom is 0.225 e. The average molecular weight is 227 g/mol. The molecule has 1 atom stereocenters. The molecule has 1 aliphatic heterocycles. The van der Waals surface area contributed by atoms with Crippen LogP contribution >= 0.6 is 0 Å². The molecule has 0 bridgehead atoms. The van der Waals surface area contributed by atoms with E-state index < -0.39 is 0 Å². The van der Waals surface area contributed by atoms with Crippen LogP contribution in [0.25, 0.3) is 0 Å². The molecule has 2 rings (SSSR count). The Morgan fingerprint density at radius 1 is 1.50 bits per heavy atom. The van der Waals surface area contributed by atoms with Gasteiger partial charge in [0.25, 0.3) is 0 Å². The van der Waals surface area contributed by atoms with Gasteiger partial charge in [-0.15, -0.1) is 0 Å². The highest BCUT2D eigenvalue weighted by molar-refractivity contribution is 5.78. The molecule has 92 valence electrons. The first kappa shape index (κ1) is 11.9. The molecule has 4 heteroatoms. The fraction of sp³-hybridized carbons (Fsp3) is 0.917. The van der Waals surface area contributed by atoms with Gasteiger partial charge in [0.1, 0.15) is 0 Å². The molecule has 0 spiro atoms. The van der Waals surface area contributed by atoms with Crippen LogP contribution < -0.4 is 0 Å². The summed E-state index contributed by atoms with van der Waals surface area (Å²) in [6.45, 7) is 0.885. The number of amides is 1. The summed E-state index contributed by atoms with van der Waals surface area (Å²) in [4.78, 5) is 13.9. The highest BCUT2D eigenvalue weighted by Crippen LogP contribution is 2.38. The first-order valence-corrected chi connectivity index (χ1v) is 6.16. The SMILES string of the molecule is COC1(CC(=O)N2CCC[C@H]2CO)CCC1. The lowest BCUT2D eigenvalue weighted by Gasteiger charge is -2.41. The van der Waals surface area contributed by atoms with Crippen LogP contribution in [0, 0.1) is 0 Å². The van der Waals surface area contributed by atoms with Crippen LogP contribution in [0.3, 0.4) is 0 Å². The second-order valence-corrected chi connectivity index (χ2v) is 4.98. The molecule has 0 aromatic rings. The Balaban J connectivity index is 1.92. The normalized spacial score (nSPS) is 27.9. The van der Waals surface area contributed by atoms with Crippen molar-refractivity contribution in [1.82, 2.24) is 4.90 Å². The van der Waals surface area contributed by atoms with E-state index in [1.165, 1.54) is 0 Å². The van der Waals surface area contributed by atoms with Crippen molar-refractivity contribution in [2.75, 3.05) is 20.3 Å². The van der Waals surface area contributed by atoms with E-state index in [9.17, 15) is 9.90 Å². The zero-order valence-corrected chi connectivity index (χ0v) is 9.95. The number of rotatable bonds is 4. The molecule has 0 radical (unpaired) electrons. The Bertz CT molecular complexity index is 257. The summed E-state index contributed by atoms with van der Waals surface area (Å²) in [6.07, 6.45) is 5.57. The monoisotopic (exact) mass is 227 g/mol. The summed E-state index contributed by atoms with van der Waals surface area (Å²) in [6, 6.07) is 0.0430. The van der Waals surface area contributed by atoms with Crippen LogP contribution in [0.2, 0.25) is 0 Å². The second-order valence-electron chi connectivity index (χ2n) is 4.98. The molecule has 2 fully saturated rings. The van der Waals surface area contributed by atoms with Crippen molar-refractivity contribution in [1.29, 1.82) is 0 Å². The molecule has 1 saturated heterocycles. The van der Waals surface area contributed by atoms with Gasteiger partial charge in [0.2, 0.25) is 5.91 Å². The Hall–Kier alpha value is -0.610. The third-order valence-corrected chi connectivity index (χ3v) is 4.08. The van der Waals surface area contributed by atoms with Gasteiger partial charge in [-0.2, -0.15) is 0 Å². The molecule has 2 aliphatic rings. The molecule has 1 amide bonds. The average Bonchev–Trinajstić information content (AvgIpc) is 2.71. The number of carbonyl (C=O) groups excluding carboxylic acids is 1. The number of carbonyl (C=O) groups is 1. The van der Waals surface area contributed by atoms with Crippen molar-refractivity contribution < 1.29 is 14.6 Å². The highest BCUT2D eigenvalue weighted by atomic mass is 16.5. The molecule has 1 heterocycles. The molecule has 1 N–H and O–H groups in total. The summed E-state index contributed by atoms with van der Waals surface area (Å²) < 4.78 is 5.46. The predicted molar refractivity (Wildman–Crippen MR) is 60.0 cm³/mol. The maximum absolute atomic E-state index is 12.1. The van der Waals surface area contributed by atoms with E-state index in [-0.39, 0.29) is 24.2 Å². The first-order valence-electron chi connectivity index (χ1n) is 6.16. The Kier molecular flexibility index (Phi) is 3.50. The van der Waals surface area contributed by atoms with Crippen LogP contribution in [-0.4, -0.2) is 47.8 Å². The lowest BCUT2D eigenvalue weighted by atomic mass is 9.77. The summed E-state index contributed by atoms with van der Waals surface area (Å²) in [5, 5.41) is 9.19. The number of aliphatic hydroxyl groups is 1. The van der Waals surface area contributed by atoms with Gasteiger partial charge in [-0.3, -0.25) is 4.79 Å². The van der Waals surface area contributed by atoms with E-state index in [1.807, 2.05) is 4.90 Å². The Morgan fingerprint density at radius 2 is 2.25 bits per heavy atom. The maximum atomic E-state index is 12.1. The van der Waals surface area contributed by atoms with Gasteiger partial charge in [-0.05, 0) is 32.1 Å². The van der Waals surface area contributed by atoms with Crippen LogP contribution in [0.1, 0.15) is 38.5 Å². The zero-order chi connectivity index (χ0) is 11.6. The lowest BCUT2D eigenvalue weighted by Crippen LogP contribution is -2.46. The summed E-state index contributed by atoms with van der Waals surface area (Å²) in [5.74, 6) is 0.151. The molecular weight excluding hydrogens is 206 g/mol. The number of ether oxygens (including phenoxy) is 1. The van der Waals surface area contributed by atoms with Crippen LogP contribution in [-0.2, 0) is 9.53 Å². The van der Waals surface area contributed by atoms with Crippen molar-refractivity contribution in [2.24, 2.45) is 0 Å². The lowest BCUT2D eigenvalue weighted by molar-refractivity contribution is -0.145. The minimum absolute atomic E-state index is 0.0430. The molecule has 0 unspecified atom stereocenters. The quantitative estimate of drug-likeness (QED) is 0.777. The van der Waals surface area contributed by atoms with Crippen molar-refractivity contribution in [2.45, 2.75) is 50.2 Å². The topological polar surface area (TPSA) is 49.8 Å². The standard InChI is InChI=1S/C12H21NO3/c1-16-12(5-3-6-12)8-11(15)13-7-2-4-10(13)9-14/h10,14H,2-9H2,1H3/t10-/m0/s1. The van der Waals surface area contributed by atoms with Crippen LogP contribution in [0.5, 0.6) is 0 Å². The van der Waals surface area contributed by atoms with Gasteiger partial charge in [-0.25, -0.2) is 0 Å². The molecule has 16 heavy (non-hydrogen) atoms. The summed E-state index contributed by atoms with van der Waals surface area (Å²) in [5.41, 5.74) is -0.195. The fourth-order valence-electron chi connectivity index (χ4n) is 2.76. The van der Waals surface area contributed by atoms with Gasteiger partial charge in [0.05, 0.1) is 24.7 Å². The van der Waals surface area contributed by atoms with Crippen molar-refractivity contribution in [3.05, 3.63) is 0 Å². The van der Waals surface area contributed by atoms with Crippen molar-refractivity contribution >= 4 is 5.91 Å². The van der Waals surface area contributed by atoms with Crippen LogP contribution in [0.15, 0.2) is 0 Å². The van der Waals surface area contributed by atoms with Gasteiger partial charge in [0.15, 0.2) is 0 Å². The molecule has 1 aliphatic carbocycles. The third-order valence-electron chi connectivity index (χ3n) is 4.08. The van der Waals surface area contributed by atoms with Crippen molar-refractivity contribution in [3.8, 4) is 0 Å². The smallest absolute Gasteiger partial charge is 0.225 e. The number of nitrogens with zero attached hydrogens (tertiary/aromatic N) is 1. The Morgan fingerprint density at radius 3 is 2.75 bits per heavy atom. The minimum Gasteiger partial charge on any atom is -0.394 e. The molecule has 4 nitrogen and oxygen atoms in total. The van der Waals surface area contributed by atoms with E-state index in [4.69, 9.17) is 4.74 Å².